The fourth-order valence-corrected chi connectivity index (χ4v) is 4.82. The number of halogens is 1. The van der Waals surface area contributed by atoms with Crippen LogP contribution in [-0.4, -0.2) is 27.0 Å². The third-order valence-corrected chi connectivity index (χ3v) is 6.88. The highest BCUT2D eigenvalue weighted by Crippen LogP contribution is 2.37. The SMILES string of the molecule is CCC(Nc1cccc(-c2c(Br)c3[nH]c(=O)n(C)c(=O)n3c2C#N)c1)(OC)Oc1ccc(C)cc1C. The van der Waals surface area contributed by atoms with Gasteiger partial charge in [-0.05, 0) is 59.1 Å². The van der Waals surface area contributed by atoms with Crippen molar-refractivity contribution in [2.75, 3.05) is 12.4 Å². The first kappa shape index (κ1) is 25.3. The third kappa shape index (κ3) is 4.32. The molecule has 9 nitrogen and oxygen atoms in total. The molecular formula is C26H26BrN5O4. The first-order valence-corrected chi connectivity index (χ1v) is 12.1. The van der Waals surface area contributed by atoms with Crippen molar-refractivity contribution >= 4 is 27.3 Å². The van der Waals surface area contributed by atoms with E-state index in [9.17, 15) is 14.9 Å². The topological polar surface area (TPSA) is 114 Å². The highest BCUT2D eigenvalue weighted by Gasteiger charge is 2.31. The summed E-state index contributed by atoms with van der Waals surface area (Å²) in [6.07, 6.45) is 0.488. The Labute approximate surface area is 216 Å². The largest absolute Gasteiger partial charge is 0.444 e. The Morgan fingerprint density at radius 2 is 1.94 bits per heavy atom. The number of aromatic nitrogens is 3. The molecule has 0 saturated heterocycles. The number of anilines is 1. The van der Waals surface area contributed by atoms with Gasteiger partial charge in [0.05, 0.1) is 4.47 Å². The van der Waals surface area contributed by atoms with E-state index in [1.54, 1.807) is 7.11 Å². The molecule has 0 aliphatic rings. The minimum Gasteiger partial charge on any atom is -0.444 e. The molecule has 2 aromatic carbocycles. The maximum atomic E-state index is 12.8. The molecule has 0 radical (unpaired) electrons. The van der Waals surface area contributed by atoms with Crippen LogP contribution in [0.3, 0.4) is 0 Å². The van der Waals surface area contributed by atoms with Crippen molar-refractivity contribution < 1.29 is 9.47 Å². The summed E-state index contributed by atoms with van der Waals surface area (Å²) in [4.78, 5) is 27.6. The van der Waals surface area contributed by atoms with Crippen LogP contribution in [0.5, 0.6) is 5.75 Å². The monoisotopic (exact) mass is 551 g/mol. The van der Waals surface area contributed by atoms with Gasteiger partial charge in [-0.25, -0.2) is 18.6 Å². The summed E-state index contributed by atoms with van der Waals surface area (Å²) < 4.78 is 14.7. The van der Waals surface area contributed by atoms with Gasteiger partial charge < -0.3 is 14.8 Å². The van der Waals surface area contributed by atoms with Gasteiger partial charge in [0, 0.05) is 31.8 Å². The number of H-pyrrole nitrogens is 1. The maximum Gasteiger partial charge on any atom is 0.338 e. The van der Waals surface area contributed by atoms with E-state index in [0.717, 1.165) is 15.7 Å². The molecule has 0 saturated carbocycles. The van der Waals surface area contributed by atoms with E-state index in [1.165, 1.54) is 11.4 Å². The lowest BCUT2D eigenvalue weighted by Crippen LogP contribution is -2.45. The molecule has 186 valence electrons. The van der Waals surface area contributed by atoms with Crippen LogP contribution in [0.25, 0.3) is 16.8 Å². The number of ether oxygens (including phenoxy) is 2. The van der Waals surface area contributed by atoms with Crippen LogP contribution in [0.15, 0.2) is 56.5 Å². The minimum atomic E-state index is -1.15. The smallest absolute Gasteiger partial charge is 0.338 e. The summed E-state index contributed by atoms with van der Waals surface area (Å²) in [6, 6.07) is 15.4. The summed E-state index contributed by atoms with van der Waals surface area (Å²) in [6.45, 7) is 5.95. The van der Waals surface area contributed by atoms with Gasteiger partial charge in [-0.3, -0.25) is 4.98 Å². The molecule has 0 aliphatic carbocycles. The zero-order valence-electron chi connectivity index (χ0n) is 20.6. The maximum absolute atomic E-state index is 12.8. The average Bonchev–Trinajstić information content (AvgIpc) is 3.15. The predicted molar refractivity (Wildman–Crippen MR) is 141 cm³/mol. The number of hydrogen-bond acceptors (Lipinski definition) is 6. The summed E-state index contributed by atoms with van der Waals surface area (Å²) in [5.74, 6) is -0.457. The van der Waals surface area contributed by atoms with Gasteiger partial charge >= 0.3 is 11.4 Å². The Hall–Kier alpha value is -3.81. The number of fused-ring (bicyclic) bond motifs is 1. The van der Waals surface area contributed by atoms with Crippen LogP contribution in [0.4, 0.5) is 5.69 Å². The molecule has 36 heavy (non-hydrogen) atoms. The van der Waals surface area contributed by atoms with Gasteiger partial charge in [0.25, 0.3) is 5.91 Å². The van der Waals surface area contributed by atoms with Crippen molar-refractivity contribution in [1.29, 1.82) is 5.26 Å². The number of methoxy groups -OCH3 is 1. The van der Waals surface area contributed by atoms with Gasteiger partial charge in [0.2, 0.25) is 0 Å². The Morgan fingerprint density at radius 1 is 1.19 bits per heavy atom. The number of aryl methyl sites for hydroxylation is 2. The quantitative estimate of drug-likeness (QED) is 0.328. The number of benzene rings is 2. The van der Waals surface area contributed by atoms with Crippen molar-refractivity contribution in [2.45, 2.75) is 33.1 Å². The van der Waals surface area contributed by atoms with Crippen molar-refractivity contribution in [1.82, 2.24) is 14.0 Å². The molecule has 1 unspecified atom stereocenters. The molecule has 2 N–H and O–H groups in total. The summed E-state index contributed by atoms with van der Waals surface area (Å²) in [5, 5.41) is 13.3. The molecule has 0 fully saturated rings. The van der Waals surface area contributed by atoms with Crippen LogP contribution in [-0.2, 0) is 11.8 Å². The van der Waals surface area contributed by atoms with Crippen molar-refractivity contribution in [3.05, 3.63) is 84.7 Å². The van der Waals surface area contributed by atoms with Crippen molar-refractivity contribution in [3.8, 4) is 22.9 Å². The van der Waals surface area contributed by atoms with E-state index >= 15 is 0 Å². The molecule has 0 bridgehead atoms. The van der Waals surface area contributed by atoms with E-state index in [2.05, 4.69) is 32.3 Å². The van der Waals surface area contributed by atoms with E-state index < -0.39 is 17.3 Å². The molecule has 4 rings (SSSR count). The van der Waals surface area contributed by atoms with E-state index in [-0.39, 0.29) is 11.3 Å². The Bertz CT molecular complexity index is 1620. The summed E-state index contributed by atoms with van der Waals surface area (Å²) >= 11 is 3.48. The Balaban J connectivity index is 1.80. The number of nitriles is 1. The fraction of sp³-hybridized carbons (Fsp3) is 0.269. The second-order valence-corrected chi connectivity index (χ2v) is 9.29. The van der Waals surface area contributed by atoms with E-state index in [4.69, 9.17) is 9.47 Å². The molecule has 2 aromatic heterocycles. The van der Waals surface area contributed by atoms with Gasteiger partial charge in [-0.1, -0.05) is 36.8 Å². The molecule has 1 atom stereocenters. The van der Waals surface area contributed by atoms with Crippen LogP contribution < -0.4 is 21.4 Å². The molecule has 10 heteroatoms. The highest BCUT2D eigenvalue weighted by molar-refractivity contribution is 9.10. The van der Waals surface area contributed by atoms with Gasteiger partial charge in [-0.15, -0.1) is 0 Å². The normalized spacial score (nSPS) is 12.8. The number of nitrogens with one attached hydrogen (secondary N) is 2. The van der Waals surface area contributed by atoms with Crippen LogP contribution in [0.2, 0.25) is 0 Å². The third-order valence-electron chi connectivity index (χ3n) is 6.11. The fourth-order valence-electron chi connectivity index (χ4n) is 4.12. The van der Waals surface area contributed by atoms with Gasteiger partial charge in [0.1, 0.15) is 23.2 Å². The van der Waals surface area contributed by atoms with Crippen LogP contribution in [0, 0.1) is 25.2 Å². The Morgan fingerprint density at radius 3 is 2.58 bits per heavy atom. The zero-order valence-corrected chi connectivity index (χ0v) is 22.2. The lowest BCUT2D eigenvalue weighted by Gasteiger charge is -2.34. The molecule has 0 aliphatic heterocycles. The first-order valence-electron chi connectivity index (χ1n) is 11.3. The number of aromatic amines is 1. The van der Waals surface area contributed by atoms with E-state index in [0.29, 0.717) is 33.5 Å². The Kier molecular flexibility index (Phi) is 6.80. The highest BCUT2D eigenvalue weighted by atomic mass is 79.9. The molecule has 2 heterocycles. The number of hydrogen-bond donors (Lipinski definition) is 2. The number of nitrogens with zero attached hydrogens (tertiary/aromatic N) is 3. The lowest BCUT2D eigenvalue weighted by molar-refractivity contribution is -0.143. The average molecular weight is 552 g/mol. The van der Waals surface area contributed by atoms with Crippen molar-refractivity contribution in [2.24, 2.45) is 7.05 Å². The predicted octanol–water partition coefficient (Wildman–Crippen LogP) is 4.45. The standard InChI is InChI=1S/C26H26BrN5O4/c1-6-26(35-5,36-20-11-10-15(2)12-16(20)3)30-18-9-7-8-17(13-18)21-19(14-28)32-23(22(21)27)29-24(33)31(4)25(32)34/h7-13,30H,6H2,1-5H3,(H,29,33). The zero-order chi connectivity index (χ0) is 26.2. The second-order valence-electron chi connectivity index (χ2n) is 8.49. The first-order chi connectivity index (χ1) is 17.1. The minimum absolute atomic E-state index is 0.103. The molecule has 4 aromatic rings. The lowest BCUT2D eigenvalue weighted by atomic mass is 10.1. The summed E-state index contributed by atoms with van der Waals surface area (Å²) in [7, 11) is 2.92. The van der Waals surface area contributed by atoms with Crippen LogP contribution in [0.1, 0.15) is 30.2 Å². The molecular weight excluding hydrogens is 526 g/mol. The van der Waals surface area contributed by atoms with Crippen LogP contribution >= 0.6 is 15.9 Å². The second kappa shape index (κ2) is 9.68. The van der Waals surface area contributed by atoms with Crippen molar-refractivity contribution in [3.63, 3.8) is 0 Å². The summed E-state index contributed by atoms with van der Waals surface area (Å²) in [5.41, 5.74) is 3.06. The number of rotatable bonds is 7. The van der Waals surface area contributed by atoms with Gasteiger partial charge in [0.15, 0.2) is 0 Å². The van der Waals surface area contributed by atoms with E-state index in [1.807, 2.05) is 63.2 Å². The molecule has 0 spiro atoms. The van der Waals surface area contributed by atoms with Gasteiger partial charge in [-0.2, -0.15) is 5.26 Å². The molecule has 0 amide bonds.